The second-order valence-electron chi connectivity index (χ2n) is 23.0. The summed E-state index contributed by atoms with van der Waals surface area (Å²) in [4.78, 5) is 32.4. The van der Waals surface area contributed by atoms with Crippen LogP contribution < -0.4 is 11.5 Å². The number of hydrogen-bond donors (Lipinski definition) is 7. The van der Waals surface area contributed by atoms with E-state index in [0.29, 0.717) is 62.0 Å². The lowest BCUT2D eigenvalue weighted by Crippen LogP contribution is -2.64. The highest BCUT2D eigenvalue weighted by molar-refractivity contribution is 5.95. The first kappa shape index (κ1) is 44.5. The molecule has 5 saturated carbocycles. The molecule has 9 aliphatic rings. The third-order valence-electron chi connectivity index (χ3n) is 19.9. The Morgan fingerprint density at radius 1 is 0.935 bits per heavy atom. The van der Waals surface area contributed by atoms with Crippen molar-refractivity contribution in [2.24, 2.45) is 97.8 Å². The molecule has 6 fully saturated rings. The van der Waals surface area contributed by atoms with Crippen LogP contribution in [0.25, 0.3) is 0 Å². The number of aliphatic imine (C=N–C) groups is 1. The van der Waals surface area contributed by atoms with Crippen LogP contribution in [0.2, 0.25) is 0 Å². The molecule has 1 aliphatic heterocycles. The number of nitrogens with zero attached hydrogens (tertiary/aromatic N) is 1. The minimum atomic E-state index is -1.66. The number of carbonyl (C=O) groups is 2. The molecule has 62 heavy (non-hydrogen) atoms. The molecule has 0 aromatic carbocycles. The Hall–Kier alpha value is -2.75. The van der Waals surface area contributed by atoms with Gasteiger partial charge in [-0.25, -0.2) is 0 Å². The van der Waals surface area contributed by atoms with Crippen LogP contribution in [0, 0.1) is 93.2 Å². The number of rotatable bonds is 4. The number of hydrogen-bond acceptors (Lipinski definition) is 9. The van der Waals surface area contributed by atoms with Gasteiger partial charge in [-0.2, -0.15) is 0 Å². The zero-order valence-corrected chi connectivity index (χ0v) is 37.7. The lowest BCUT2D eigenvalue weighted by molar-refractivity contribution is -0.189. The lowest BCUT2D eigenvalue weighted by atomic mass is 9.44. The third kappa shape index (κ3) is 6.80. The van der Waals surface area contributed by atoms with Crippen molar-refractivity contribution in [3.8, 4) is 11.8 Å². The molecule has 8 aliphatic carbocycles. The summed E-state index contributed by atoms with van der Waals surface area (Å²) in [6.07, 6.45) is 12.7. The van der Waals surface area contributed by atoms with Crippen LogP contribution >= 0.6 is 0 Å². The van der Waals surface area contributed by atoms with E-state index in [2.05, 4.69) is 36.8 Å². The van der Waals surface area contributed by atoms with E-state index in [1.165, 1.54) is 6.42 Å². The van der Waals surface area contributed by atoms with E-state index >= 15 is 0 Å². The Kier molecular flexibility index (Phi) is 11.5. The molecule has 9 N–H and O–H groups in total. The maximum absolute atomic E-state index is 14.2. The normalized spacial score (nSPS) is 49.6. The van der Waals surface area contributed by atoms with Crippen LogP contribution in [0.4, 0.5) is 0 Å². The first-order chi connectivity index (χ1) is 29.4. The first-order valence-corrected chi connectivity index (χ1v) is 24.5. The van der Waals surface area contributed by atoms with Gasteiger partial charge >= 0.3 is 5.97 Å². The fraction of sp³-hybridized carbons (Fsp3) is 0.824. The van der Waals surface area contributed by atoms with Gasteiger partial charge in [-0.15, -0.1) is 5.92 Å². The van der Waals surface area contributed by atoms with E-state index in [1.807, 2.05) is 6.92 Å². The van der Waals surface area contributed by atoms with Crippen molar-refractivity contribution in [1.82, 2.24) is 0 Å². The van der Waals surface area contributed by atoms with Crippen molar-refractivity contribution in [2.75, 3.05) is 13.2 Å². The van der Waals surface area contributed by atoms with E-state index in [4.69, 9.17) is 16.2 Å². The van der Waals surface area contributed by atoms with Crippen LogP contribution in [0.3, 0.4) is 0 Å². The highest BCUT2D eigenvalue weighted by atomic mass is 16.5. The molecule has 1 spiro atoms. The van der Waals surface area contributed by atoms with E-state index < -0.39 is 57.6 Å². The molecule has 9 rings (SSSR count). The minimum Gasteiger partial charge on any atom is -0.465 e. The number of nitrogens with two attached hydrogens (primary N) is 2. The Morgan fingerprint density at radius 2 is 1.69 bits per heavy atom. The number of ketones is 1. The number of cyclic esters (lactones) is 1. The maximum atomic E-state index is 14.2. The number of carbonyl (C=O) groups excluding carboxylic acids is 2. The zero-order valence-electron chi connectivity index (χ0n) is 37.7. The standard InChI is InChI=1S/C51H75N3O8/c1-28-10-11-30-12-13-33-29(2)21-43(58)48(4,60)44-32(9-7-8-31(22-35(33)34(30)20-28)39-27-62-45(59)49(39)15-5-6-16-49)25-51(61)37-23-40(55)38-24-41(56)42(57)26-47(38,3)36(37)14-17-50(44,51)18-19-54-46(52)53/h12,23,28-29,31-36,38-39,41-44,56-58,60-61H,5-6,9-11,13-22,24-27H2,1-4H3,(H4,52,53,54). The van der Waals surface area contributed by atoms with Gasteiger partial charge in [-0.05, 0) is 155 Å². The van der Waals surface area contributed by atoms with Crippen LogP contribution in [0.5, 0.6) is 0 Å². The summed E-state index contributed by atoms with van der Waals surface area (Å²) in [5.41, 5.74) is 8.55. The topological polar surface area (TPSA) is 209 Å². The van der Waals surface area contributed by atoms with Crippen molar-refractivity contribution in [3.63, 3.8) is 0 Å². The summed E-state index contributed by atoms with van der Waals surface area (Å²) >= 11 is 0. The molecule has 342 valence electrons. The predicted octanol–water partition coefficient (Wildman–Crippen LogP) is 5.34. The lowest BCUT2D eigenvalue weighted by Gasteiger charge is -2.61. The van der Waals surface area contributed by atoms with Gasteiger partial charge in [0.1, 0.15) is 0 Å². The summed E-state index contributed by atoms with van der Waals surface area (Å²) in [6, 6.07) is 0. The minimum absolute atomic E-state index is 0.00978. The van der Waals surface area contributed by atoms with Crippen LogP contribution in [0.1, 0.15) is 137 Å². The van der Waals surface area contributed by atoms with Gasteiger partial charge in [-0.1, -0.05) is 51.2 Å². The molecular weight excluding hydrogens is 783 g/mol. The van der Waals surface area contributed by atoms with Crippen molar-refractivity contribution in [1.29, 1.82) is 0 Å². The summed E-state index contributed by atoms with van der Waals surface area (Å²) in [5, 5.41) is 61.5. The summed E-state index contributed by atoms with van der Waals surface area (Å²) < 4.78 is 5.99. The first-order valence-electron chi connectivity index (χ1n) is 24.5. The van der Waals surface area contributed by atoms with Crippen molar-refractivity contribution < 1.29 is 39.9 Å². The smallest absolute Gasteiger partial charge is 0.312 e. The van der Waals surface area contributed by atoms with Crippen molar-refractivity contribution in [3.05, 3.63) is 23.3 Å². The van der Waals surface area contributed by atoms with E-state index in [9.17, 15) is 35.1 Å². The van der Waals surface area contributed by atoms with Gasteiger partial charge in [0.15, 0.2) is 11.7 Å². The summed E-state index contributed by atoms with van der Waals surface area (Å²) in [7, 11) is 0. The SMILES string of the molecule is CC1CCC2=CCC3C(C)CC(O)C(C)(O)C4C(CC#CC(C5COC(=O)C56CCCC6)CC3C2C1)CC1(O)C2=CC(=O)C3CC(O)C(O)CC3(C)C2CCC41CCN=C(N)N. The highest BCUT2D eigenvalue weighted by Gasteiger charge is 2.73. The van der Waals surface area contributed by atoms with Gasteiger partial charge in [0.2, 0.25) is 0 Å². The van der Waals surface area contributed by atoms with E-state index in [0.717, 1.165) is 51.4 Å². The van der Waals surface area contributed by atoms with Gasteiger partial charge in [0, 0.05) is 42.1 Å². The third-order valence-corrected chi connectivity index (χ3v) is 19.9. The Labute approximate surface area is 369 Å². The van der Waals surface area contributed by atoms with Gasteiger partial charge < -0.3 is 41.7 Å². The molecule has 18 atom stereocenters. The second kappa shape index (κ2) is 16.0. The molecule has 1 saturated heterocycles. The fourth-order valence-corrected chi connectivity index (χ4v) is 16.9. The Morgan fingerprint density at radius 3 is 2.44 bits per heavy atom. The number of esters is 1. The fourth-order valence-electron chi connectivity index (χ4n) is 16.9. The van der Waals surface area contributed by atoms with Crippen molar-refractivity contribution in [2.45, 2.75) is 166 Å². The number of ether oxygens (including phenoxy) is 1. The summed E-state index contributed by atoms with van der Waals surface area (Å²) in [5.74, 6) is 7.12. The number of allylic oxidation sites excluding steroid dienone is 3. The average Bonchev–Trinajstić information content (AvgIpc) is 3.90. The Balaban J connectivity index is 1.17. The maximum Gasteiger partial charge on any atom is 0.312 e. The predicted molar refractivity (Wildman–Crippen MR) is 235 cm³/mol. The highest BCUT2D eigenvalue weighted by Crippen LogP contribution is 2.72. The molecule has 0 amide bonds. The van der Waals surface area contributed by atoms with Gasteiger partial charge in [0.25, 0.3) is 0 Å². The van der Waals surface area contributed by atoms with Crippen LogP contribution in [-0.2, 0) is 14.3 Å². The number of guanidine groups is 1. The Bertz CT molecular complexity index is 1940. The number of aliphatic hydroxyl groups excluding tert-OH is 3. The molecule has 1 heterocycles. The molecule has 11 heteroatoms. The monoisotopic (exact) mass is 858 g/mol. The molecule has 11 nitrogen and oxygen atoms in total. The quantitative estimate of drug-likeness (QED) is 0.0635. The van der Waals surface area contributed by atoms with E-state index in [1.54, 1.807) is 18.6 Å². The largest absolute Gasteiger partial charge is 0.465 e. The zero-order chi connectivity index (χ0) is 44.1. The van der Waals surface area contributed by atoms with Gasteiger partial charge in [-0.3, -0.25) is 14.6 Å². The molecule has 18 unspecified atom stereocenters. The number of fused-ring (bicyclic) bond motifs is 10. The molecule has 0 aromatic heterocycles. The molecule has 0 radical (unpaired) electrons. The molecule has 0 bridgehead atoms. The summed E-state index contributed by atoms with van der Waals surface area (Å²) in [6.45, 7) is 8.99. The second-order valence-corrected chi connectivity index (χ2v) is 23.0. The van der Waals surface area contributed by atoms with Crippen LogP contribution in [0.15, 0.2) is 28.3 Å². The van der Waals surface area contributed by atoms with Crippen molar-refractivity contribution >= 4 is 17.7 Å². The van der Waals surface area contributed by atoms with E-state index in [-0.39, 0.29) is 79.0 Å². The average molecular weight is 858 g/mol. The molecule has 0 aromatic rings. The van der Waals surface area contributed by atoms with Gasteiger partial charge in [0.05, 0.1) is 41.5 Å². The number of aliphatic hydroxyl groups is 5. The van der Waals surface area contributed by atoms with Crippen LogP contribution in [-0.4, -0.2) is 85.9 Å². The molecular formula is C51H75N3O8.